The fourth-order valence-corrected chi connectivity index (χ4v) is 1.93. The number of carbonyl (C=O) groups is 1. The first-order valence-electron chi connectivity index (χ1n) is 6.29. The Labute approximate surface area is 112 Å². The maximum atomic E-state index is 12.3. The summed E-state index contributed by atoms with van der Waals surface area (Å²) in [5, 5.41) is 8.13. The molecule has 0 radical (unpaired) electrons. The summed E-state index contributed by atoms with van der Waals surface area (Å²) in [6.07, 6.45) is 3.39. The number of nitrogens with zero attached hydrogens (tertiary/aromatic N) is 4. The van der Waals surface area contributed by atoms with Crippen molar-refractivity contribution in [1.29, 1.82) is 0 Å². The summed E-state index contributed by atoms with van der Waals surface area (Å²) >= 11 is 0. The average molecular weight is 262 g/mol. The van der Waals surface area contributed by atoms with E-state index in [4.69, 9.17) is 4.52 Å². The van der Waals surface area contributed by atoms with Crippen LogP contribution < -0.4 is 0 Å². The van der Waals surface area contributed by atoms with E-state index in [1.807, 2.05) is 6.07 Å². The molecule has 1 amide bonds. The molecule has 2 rings (SSSR count). The number of aryl methyl sites for hydroxylation is 2. The molecule has 0 saturated carbocycles. The molecule has 19 heavy (non-hydrogen) atoms. The molecule has 0 N–H and O–H groups in total. The van der Waals surface area contributed by atoms with Crippen LogP contribution in [-0.2, 0) is 20.0 Å². The van der Waals surface area contributed by atoms with Gasteiger partial charge in [-0.25, -0.2) is 0 Å². The smallest absolute Gasteiger partial charge is 0.272 e. The summed E-state index contributed by atoms with van der Waals surface area (Å²) < 4.78 is 6.39. The predicted octanol–water partition coefficient (Wildman–Crippen LogP) is 1.63. The summed E-state index contributed by atoms with van der Waals surface area (Å²) in [4.78, 5) is 13.9. The Kier molecular flexibility index (Phi) is 3.99. The fourth-order valence-electron chi connectivity index (χ4n) is 1.93. The van der Waals surface area contributed by atoms with Crippen LogP contribution >= 0.6 is 0 Å². The van der Waals surface area contributed by atoms with Crippen molar-refractivity contribution < 1.29 is 9.32 Å². The second-order valence-electron chi connectivity index (χ2n) is 4.55. The number of carbonyl (C=O) groups excluding carboxylic acids is 1. The van der Waals surface area contributed by atoms with Gasteiger partial charge in [0.1, 0.15) is 17.7 Å². The summed E-state index contributed by atoms with van der Waals surface area (Å²) in [6, 6.07) is 3.60. The lowest BCUT2D eigenvalue weighted by molar-refractivity contribution is 0.0771. The van der Waals surface area contributed by atoms with Crippen molar-refractivity contribution in [2.24, 2.45) is 7.05 Å². The molecule has 2 aromatic heterocycles. The maximum Gasteiger partial charge on any atom is 0.272 e. The van der Waals surface area contributed by atoms with Crippen LogP contribution in [-0.4, -0.2) is 32.8 Å². The van der Waals surface area contributed by atoms with E-state index >= 15 is 0 Å². The monoisotopic (exact) mass is 262 g/mol. The minimum atomic E-state index is -0.0691. The minimum absolute atomic E-state index is 0.0691. The molecule has 0 saturated heterocycles. The van der Waals surface area contributed by atoms with E-state index in [9.17, 15) is 4.79 Å². The number of hydrogen-bond acceptors (Lipinski definition) is 4. The van der Waals surface area contributed by atoms with Gasteiger partial charge in [0.2, 0.25) is 0 Å². The van der Waals surface area contributed by atoms with Crippen molar-refractivity contribution in [3.05, 3.63) is 35.5 Å². The highest BCUT2D eigenvalue weighted by atomic mass is 16.5. The highest BCUT2D eigenvalue weighted by molar-refractivity contribution is 5.92. The number of aromatic nitrogens is 3. The minimum Gasteiger partial charge on any atom is -0.364 e. The highest BCUT2D eigenvalue weighted by Gasteiger charge is 2.18. The van der Waals surface area contributed by atoms with Gasteiger partial charge >= 0.3 is 0 Å². The molecule has 0 unspecified atom stereocenters. The fraction of sp³-hybridized carbons (Fsp3) is 0.462. The highest BCUT2D eigenvalue weighted by Crippen LogP contribution is 2.10. The van der Waals surface area contributed by atoms with Crippen molar-refractivity contribution >= 4 is 5.91 Å². The molecule has 0 aliphatic rings. The molecule has 6 nitrogen and oxygen atoms in total. The van der Waals surface area contributed by atoms with Gasteiger partial charge in [-0.2, -0.15) is 5.10 Å². The summed E-state index contributed by atoms with van der Waals surface area (Å²) in [5.41, 5.74) is 2.27. The SMILES string of the molecule is CCCc1cc(C(=O)N(C)Cc2ccon2)n(C)n1. The number of hydrogen-bond donors (Lipinski definition) is 0. The van der Waals surface area contributed by atoms with Gasteiger partial charge in [-0.15, -0.1) is 0 Å². The van der Waals surface area contributed by atoms with Crippen LogP contribution in [0.4, 0.5) is 0 Å². The zero-order valence-electron chi connectivity index (χ0n) is 11.5. The van der Waals surface area contributed by atoms with Gasteiger partial charge < -0.3 is 9.42 Å². The average Bonchev–Trinajstić information content (AvgIpc) is 2.99. The molecule has 0 aliphatic heterocycles. The van der Waals surface area contributed by atoms with Gasteiger partial charge in [0.15, 0.2) is 0 Å². The zero-order valence-corrected chi connectivity index (χ0v) is 11.5. The molecular weight excluding hydrogens is 244 g/mol. The molecule has 0 bridgehead atoms. The van der Waals surface area contributed by atoms with Crippen LogP contribution in [0, 0.1) is 0 Å². The van der Waals surface area contributed by atoms with Crippen molar-refractivity contribution in [3.63, 3.8) is 0 Å². The molecule has 0 aromatic carbocycles. The predicted molar refractivity (Wildman–Crippen MR) is 69.5 cm³/mol. The molecule has 0 spiro atoms. The van der Waals surface area contributed by atoms with E-state index in [0.29, 0.717) is 12.2 Å². The van der Waals surface area contributed by atoms with Crippen LogP contribution in [0.2, 0.25) is 0 Å². The Balaban J connectivity index is 2.10. The second kappa shape index (κ2) is 5.69. The summed E-state index contributed by atoms with van der Waals surface area (Å²) in [7, 11) is 3.53. The van der Waals surface area contributed by atoms with Crippen molar-refractivity contribution in [2.75, 3.05) is 7.05 Å². The van der Waals surface area contributed by atoms with Crippen LogP contribution in [0.5, 0.6) is 0 Å². The van der Waals surface area contributed by atoms with Crippen LogP contribution in [0.25, 0.3) is 0 Å². The molecule has 6 heteroatoms. The molecule has 0 atom stereocenters. The quantitative estimate of drug-likeness (QED) is 0.821. The van der Waals surface area contributed by atoms with Crippen LogP contribution in [0.15, 0.2) is 22.9 Å². The van der Waals surface area contributed by atoms with Gasteiger partial charge in [-0.05, 0) is 12.5 Å². The third-order valence-corrected chi connectivity index (χ3v) is 2.89. The normalized spacial score (nSPS) is 10.7. The standard InChI is InChI=1S/C13H18N4O2/c1-4-5-10-8-12(17(3)14-10)13(18)16(2)9-11-6-7-19-15-11/h6-8H,4-5,9H2,1-3H3. The van der Waals surface area contributed by atoms with Gasteiger partial charge in [-0.3, -0.25) is 9.48 Å². The van der Waals surface area contributed by atoms with E-state index in [2.05, 4.69) is 17.2 Å². The first-order chi connectivity index (χ1) is 9.11. The van der Waals surface area contributed by atoms with Crippen molar-refractivity contribution in [2.45, 2.75) is 26.3 Å². The summed E-state index contributed by atoms with van der Waals surface area (Å²) in [5.74, 6) is -0.0691. The Bertz CT molecular complexity index is 545. The van der Waals surface area contributed by atoms with Gasteiger partial charge in [-0.1, -0.05) is 18.5 Å². The second-order valence-corrected chi connectivity index (χ2v) is 4.55. The van der Waals surface area contributed by atoms with Gasteiger partial charge in [0.05, 0.1) is 12.2 Å². The van der Waals surface area contributed by atoms with E-state index in [1.165, 1.54) is 6.26 Å². The van der Waals surface area contributed by atoms with Gasteiger partial charge in [0.25, 0.3) is 5.91 Å². The first-order valence-corrected chi connectivity index (χ1v) is 6.29. The zero-order chi connectivity index (χ0) is 13.8. The Morgan fingerprint density at radius 3 is 2.89 bits per heavy atom. The first kappa shape index (κ1) is 13.3. The van der Waals surface area contributed by atoms with Gasteiger partial charge in [0, 0.05) is 20.2 Å². The topological polar surface area (TPSA) is 64.2 Å². The van der Waals surface area contributed by atoms with E-state index in [-0.39, 0.29) is 5.91 Å². The molecule has 0 fully saturated rings. The van der Waals surface area contributed by atoms with Crippen molar-refractivity contribution in [3.8, 4) is 0 Å². The molecule has 102 valence electrons. The molecule has 2 heterocycles. The lowest BCUT2D eigenvalue weighted by Crippen LogP contribution is -2.28. The van der Waals surface area contributed by atoms with Crippen molar-refractivity contribution in [1.82, 2.24) is 19.8 Å². The third-order valence-electron chi connectivity index (χ3n) is 2.89. The number of rotatable bonds is 5. The maximum absolute atomic E-state index is 12.3. The van der Waals surface area contributed by atoms with Crippen LogP contribution in [0.1, 0.15) is 35.2 Å². The molecular formula is C13H18N4O2. The lowest BCUT2D eigenvalue weighted by Gasteiger charge is -2.15. The van der Waals surface area contributed by atoms with Crippen LogP contribution in [0.3, 0.4) is 0 Å². The third kappa shape index (κ3) is 3.01. The molecule has 2 aromatic rings. The molecule has 0 aliphatic carbocycles. The Morgan fingerprint density at radius 1 is 1.47 bits per heavy atom. The lowest BCUT2D eigenvalue weighted by atomic mass is 10.2. The Hall–Kier alpha value is -2.11. The van der Waals surface area contributed by atoms with E-state index in [1.54, 1.807) is 29.7 Å². The van der Waals surface area contributed by atoms with E-state index in [0.717, 1.165) is 24.2 Å². The largest absolute Gasteiger partial charge is 0.364 e. The Morgan fingerprint density at radius 2 is 2.26 bits per heavy atom. The number of amides is 1. The summed E-state index contributed by atoms with van der Waals surface area (Å²) in [6.45, 7) is 2.51. The van der Waals surface area contributed by atoms with E-state index < -0.39 is 0 Å².